The summed E-state index contributed by atoms with van der Waals surface area (Å²) in [7, 11) is 1.62. The lowest BCUT2D eigenvalue weighted by molar-refractivity contribution is 0.413. The Morgan fingerprint density at radius 1 is 0.960 bits per heavy atom. The number of pyridine rings is 1. The molecule has 0 saturated carbocycles. The highest BCUT2D eigenvalue weighted by Crippen LogP contribution is 2.27. The van der Waals surface area contributed by atoms with Crippen molar-refractivity contribution in [2.45, 2.75) is 10.8 Å². The van der Waals surface area contributed by atoms with Gasteiger partial charge in [-0.3, -0.25) is 4.79 Å². The van der Waals surface area contributed by atoms with Gasteiger partial charge in [0.05, 0.1) is 13.0 Å². The zero-order chi connectivity index (χ0) is 17.6. The van der Waals surface area contributed by atoms with Crippen molar-refractivity contribution in [1.29, 1.82) is 0 Å². The number of hydrogen-bond donors (Lipinski definition) is 1. The van der Waals surface area contributed by atoms with Gasteiger partial charge in [-0.25, -0.2) is 0 Å². The fraction of sp³-hybridized carbons (Fsp3) is 0.105. The first kappa shape index (κ1) is 17.0. The van der Waals surface area contributed by atoms with Crippen LogP contribution in [0.4, 0.5) is 0 Å². The van der Waals surface area contributed by atoms with Gasteiger partial charge in [0.1, 0.15) is 17.2 Å². The van der Waals surface area contributed by atoms with Crippen LogP contribution in [0.1, 0.15) is 0 Å². The summed E-state index contributed by atoms with van der Waals surface area (Å²) >= 11 is 1.50. The Morgan fingerprint density at radius 3 is 2.20 bits per heavy atom. The smallest absolute Gasteiger partial charge is 0.293 e. The fourth-order valence-electron chi connectivity index (χ4n) is 2.15. The number of ether oxygens (including phenoxy) is 2. The Bertz CT molecular complexity index is 889. The molecule has 0 atom stereocenters. The second-order valence-electron chi connectivity index (χ2n) is 5.19. The quantitative estimate of drug-likeness (QED) is 0.675. The summed E-state index contributed by atoms with van der Waals surface area (Å²) in [4.78, 5) is 12.8. The monoisotopic (exact) mass is 355 g/mol. The first-order valence-corrected chi connectivity index (χ1v) is 8.57. The van der Waals surface area contributed by atoms with Crippen molar-refractivity contribution in [3.05, 3.63) is 77.2 Å². The molecule has 3 aromatic rings. The lowest BCUT2D eigenvalue weighted by atomic mass is 10.3. The molecule has 0 aliphatic carbocycles. The predicted octanol–water partition coefficient (Wildman–Crippen LogP) is 4.10. The topological polar surface area (TPSA) is 60.7 Å². The maximum Gasteiger partial charge on any atom is 0.293 e. The van der Waals surface area contributed by atoms with Crippen LogP contribution in [0.25, 0.3) is 0 Å². The number of nitrogens with zero attached hydrogens (tertiary/aromatic N) is 1. The van der Waals surface area contributed by atoms with E-state index >= 15 is 0 Å². The van der Waals surface area contributed by atoms with Gasteiger partial charge < -0.3 is 19.1 Å². The van der Waals surface area contributed by atoms with E-state index in [0.717, 1.165) is 22.1 Å². The third-order valence-corrected chi connectivity index (χ3v) is 4.50. The van der Waals surface area contributed by atoms with Crippen molar-refractivity contribution >= 4 is 11.8 Å². The van der Waals surface area contributed by atoms with Gasteiger partial charge in [0, 0.05) is 11.1 Å². The van der Waals surface area contributed by atoms with Gasteiger partial charge in [0.2, 0.25) is 0 Å². The number of aromatic nitrogens is 1. The molecule has 3 rings (SSSR count). The molecule has 1 aromatic heterocycles. The maximum absolute atomic E-state index is 11.8. The number of methoxy groups -OCH3 is 1. The molecule has 5 nitrogen and oxygen atoms in total. The van der Waals surface area contributed by atoms with Crippen LogP contribution in [0.3, 0.4) is 0 Å². The minimum absolute atomic E-state index is 0.244. The third-order valence-electron chi connectivity index (χ3n) is 3.49. The van der Waals surface area contributed by atoms with Crippen LogP contribution in [-0.4, -0.2) is 16.8 Å². The molecule has 25 heavy (non-hydrogen) atoms. The van der Waals surface area contributed by atoms with Crippen molar-refractivity contribution in [1.82, 2.24) is 4.57 Å². The average Bonchev–Trinajstić information content (AvgIpc) is 2.65. The molecule has 0 bridgehead atoms. The molecule has 2 aromatic carbocycles. The van der Waals surface area contributed by atoms with Crippen molar-refractivity contribution in [3.63, 3.8) is 0 Å². The molecule has 1 N–H and O–H groups in total. The Kier molecular flexibility index (Phi) is 5.30. The highest BCUT2D eigenvalue weighted by Gasteiger charge is 2.03. The number of thioether (sulfide) groups is 1. The maximum atomic E-state index is 11.8. The average molecular weight is 355 g/mol. The van der Waals surface area contributed by atoms with Crippen molar-refractivity contribution < 1.29 is 14.6 Å². The Morgan fingerprint density at radius 2 is 1.56 bits per heavy atom. The summed E-state index contributed by atoms with van der Waals surface area (Å²) in [6, 6.07) is 18.0. The van der Waals surface area contributed by atoms with E-state index in [2.05, 4.69) is 0 Å². The van der Waals surface area contributed by atoms with E-state index in [-0.39, 0.29) is 5.75 Å². The van der Waals surface area contributed by atoms with Crippen LogP contribution >= 0.6 is 11.8 Å². The molecule has 0 aliphatic rings. The molecule has 128 valence electrons. The number of rotatable bonds is 6. The highest BCUT2D eigenvalue weighted by molar-refractivity contribution is 7.98. The largest absolute Gasteiger partial charge is 0.503 e. The fourth-order valence-corrected chi connectivity index (χ4v) is 2.97. The normalized spacial score (nSPS) is 10.4. The molecule has 0 saturated heterocycles. The minimum atomic E-state index is -0.394. The summed E-state index contributed by atoms with van der Waals surface area (Å²) < 4.78 is 12.4. The number of benzene rings is 2. The Hall–Kier alpha value is -2.86. The summed E-state index contributed by atoms with van der Waals surface area (Å²) in [5.41, 5.74) is -0.394. The first-order chi connectivity index (χ1) is 12.2. The van der Waals surface area contributed by atoms with E-state index in [0.29, 0.717) is 5.88 Å². The van der Waals surface area contributed by atoms with Gasteiger partial charge in [-0.2, -0.15) is 0 Å². The molecule has 0 aliphatic heterocycles. The second-order valence-corrected chi connectivity index (χ2v) is 6.21. The van der Waals surface area contributed by atoms with Gasteiger partial charge in [-0.05, 0) is 60.7 Å². The molecular formula is C19H17NO4S. The van der Waals surface area contributed by atoms with Gasteiger partial charge in [0.25, 0.3) is 5.56 Å². The minimum Gasteiger partial charge on any atom is -0.503 e. The molecule has 1 heterocycles. The summed E-state index contributed by atoms with van der Waals surface area (Å²) in [6.07, 6.45) is 1.65. The van der Waals surface area contributed by atoms with Crippen molar-refractivity contribution in [2.75, 3.05) is 7.11 Å². The molecular weight excluding hydrogens is 338 g/mol. The number of aromatic hydroxyl groups is 1. The second kappa shape index (κ2) is 7.81. The standard InChI is InChI=1S/C19H17NO4S/c1-23-14-4-6-15(7-5-14)24-16-8-10-17(11-9-16)25-13-20-12-2-3-18(21)19(20)22/h2-12,21H,13H2,1H3. The molecule has 0 amide bonds. The van der Waals surface area contributed by atoms with Crippen molar-refractivity contribution in [2.24, 2.45) is 0 Å². The predicted molar refractivity (Wildman–Crippen MR) is 97.7 cm³/mol. The highest BCUT2D eigenvalue weighted by atomic mass is 32.2. The summed E-state index contributed by atoms with van der Waals surface area (Å²) in [6.45, 7) is 0. The van der Waals surface area contributed by atoms with Crippen molar-refractivity contribution in [3.8, 4) is 23.0 Å². The van der Waals surface area contributed by atoms with E-state index in [1.165, 1.54) is 22.4 Å². The lowest BCUT2D eigenvalue weighted by Gasteiger charge is -2.08. The van der Waals surface area contributed by atoms with E-state index in [1.54, 1.807) is 19.4 Å². The SMILES string of the molecule is COc1ccc(Oc2ccc(SCn3cccc(O)c3=O)cc2)cc1. The zero-order valence-corrected chi connectivity index (χ0v) is 14.4. The van der Waals surface area contributed by atoms with E-state index in [9.17, 15) is 9.90 Å². The van der Waals surface area contributed by atoms with Gasteiger partial charge in [0.15, 0.2) is 5.75 Å². The van der Waals surface area contributed by atoms with Gasteiger partial charge in [-0.1, -0.05) is 0 Å². The molecule has 0 unspecified atom stereocenters. The van der Waals surface area contributed by atoms with Crippen LogP contribution in [0, 0.1) is 0 Å². The number of hydrogen-bond acceptors (Lipinski definition) is 5. The Balaban J connectivity index is 1.61. The lowest BCUT2D eigenvalue weighted by Crippen LogP contribution is -2.17. The third kappa shape index (κ3) is 4.36. The summed E-state index contributed by atoms with van der Waals surface area (Å²) in [5, 5.41) is 9.44. The van der Waals surface area contributed by atoms with Crippen LogP contribution in [0.5, 0.6) is 23.0 Å². The van der Waals surface area contributed by atoms with E-state index in [1.807, 2.05) is 48.5 Å². The van der Waals surface area contributed by atoms with Crippen LogP contribution in [-0.2, 0) is 5.88 Å². The molecule has 6 heteroatoms. The molecule has 0 fully saturated rings. The molecule has 0 spiro atoms. The Labute approximate surface area is 149 Å². The summed E-state index contributed by atoms with van der Waals surface area (Å²) in [5.74, 6) is 2.41. The first-order valence-electron chi connectivity index (χ1n) is 7.59. The zero-order valence-electron chi connectivity index (χ0n) is 13.6. The van der Waals surface area contributed by atoms with Crippen LogP contribution < -0.4 is 15.0 Å². The van der Waals surface area contributed by atoms with Crippen LogP contribution in [0.15, 0.2) is 76.6 Å². The molecule has 0 radical (unpaired) electrons. The van der Waals surface area contributed by atoms with E-state index < -0.39 is 5.56 Å². The van der Waals surface area contributed by atoms with E-state index in [4.69, 9.17) is 9.47 Å². The van der Waals surface area contributed by atoms with Gasteiger partial charge in [-0.15, -0.1) is 11.8 Å². The van der Waals surface area contributed by atoms with Crippen LogP contribution in [0.2, 0.25) is 0 Å². The van der Waals surface area contributed by atoms with Gasteiger partial charge >= 0.3 is 0 Å².